The molecule has 0 saturated heterocycles. The van der Waals surface area contributed by atoms with Crippen molar-refractivity contribution in [2.45, 2.75) is 5.38 Å². The van der Waals surface area contributed by atoms with Crippen LogP contribution in [0.1, 0.15) is 16.5 Å². The molecule has 0 aromatic heterocycles. The van der Waals surface area contributed by atoms with Crippen LogP contribution in [0.5, 0.6) is 0 Å². The first-order valence-electron chi connectivity index (χ1n) is 6.90. The number of benzene rings is 3. The van der Waals surface area contributed by atoms with Crippen LogP contribution in [0.15, 0.2) is 72.8 Å². The van der Waals surface area contributed by atoms with Gasteiger partial charge in [0.05, 0.1) is 5.38 Å². The minimum Gasteiger partial charge on any atom is -0.207 e. The zero-order valence-electron chi connectivity index (χ0n) is 11.6. The van der Waals surface area contributed by atoms with Crippen LogP contribution in [0.4, 0.5) is 8.78 Å². The van der Waals surface area contributed by atoms with E-state index in [1.54, 1.807) is 30.3 Å². The minimum absolute atomic E-state index is 0.294. The quantitative estimate of drug-likeness (QED) is 0.523. The van der Waals surface area contributed by atoms with Crippen molar-refractivity contribution in [1.29, 1.82) is 0 Å². The number of hydrogen-bond acceptors (Lipinski definition) is 0. The van der Waals surface area contributed by atoms with Gasteiger partial charge in [-0.1, -0.05) is 54.6 Å². The van der Waals surface area contributed by atoms with Crippen molar-refractivity contribution in [2.24, 2.45) is 0 Å². The van der Waals surface area contributed by atoms with E-state index in [1.165, 1.54) is 18.2 Å². The fraction of sp³-hybridized carbons (Fsp3) is 0.0526. The van der Waals surface area contributed by atoms with Gasteiger partial charge in [-0.05, 0) is 34.9 Å². The smallest absolute Gasteiger partial charge is 0.128 e. The van der Waals surface area contributed by atoms with E-state index in [1.807, 2.05) is 24.3 Å². The molecule has 110 valence electrons. The van der Waals surface area contributed by atoms with Gasteiger partial charge >= 0.3 is 0 Å². The van der Waals surface area contributed by atoms with E-state index in [0.29, 0.717) is 5.56 Å². The summed E-state index contributed by atoms with van der Waals surface area (Å²) in [4.78, 5) is 0. The first-order valence-corrected chi connectivity index (χ1v) is 7.34. The highest BCUT2D eigenvalue weighted by Crippen LogP contribution is 2.36. The molecular weight excluding hydrogens is 302 g/mol. The summed E-state index contributed by atoms with van der Waals surface area (Å²) in [5.41, 5.74) is 2.93. The van der Waals surface area contributed by atoms with Gasteiger partial charge in [-0.3, -0.25) is 0 Å². The first-order chi connectivity index (χ1) is 10.7. The normalized spacial score (nSPS) is 12.1. The lowest BCUT2D eigenvalue weighted by Gasteiger charge is -2.16. The molecule has 3 heteroatoms. The van der Waals surface area contributed by atoms with Gasteiger partial charge < -0.3 is 0 Å². The van der Waals surface area contributed by atoms with Crippen LogP contribution in [-0.2, 0) is 0 Å². The highest BCUT2D eigenvalue weighted by Gasteiger charge is 2.18. The predicted molar refractivity (Wildman–Crippen MR) is 85.9 cm³/mol. The van der Waals surface area contributed by atoms with Crippen LogP contribution < -0.4 is 0 Å². The molecule has 0 spiro atoms. The molecule has 0 aliphatic heterocycles. The lowest BCUT2D eigenvalue weighted by molar-refractivity contribution is 0.612. The van der Waals surface area contributed by atoms with E-state index in [9.17, 15) is 8.78 Å². The lowest BCUT2D eigenvalue weighted by atomic mass is 9.94. The Balaban J connectivity index is 2.08. The molecule has 3 rings (SSSR count). The summed E-state index contributed by atoms with van der Waals surface area (Å²) < 4.78 is 27.1. The fourth-order valence-electron chi connectivity index (χ4n) is 2.46. The Labute approximate surface area is 133 Å². The molecule has 3 aromatic rings. The van der Waals surface area contributed by atoms with Gasteiger partial charge in [0.2, 0.25) is 0 Å². The molecule has 0 aliphatic carbocycles. The topological polar surface area (TPSA) is 0 Å². The highest BCUT2D eigenvalue weighted by molar-refractivity contribution is 6.23. The van der Waals surface area contributed by atoms with Gasteiger partial charge in [0, 0.05) is 5.56 Å². The van der Waals surface area contributed by atoms with Crippen LogP contribution in [0.25, 0.3) is 11.1 Å². The lowest BCUT2D eigenvalue weighted by Crippen LogP contribution is -1.99. The molecule has 0 bridgehead atoms. The molecule has 1 unspecified atom stereocenters. The van der Waals surface area contributed by atoms with Crippen LogP contribution in [-0.4, -0.2) is 0 Å². The van der Waals surface area contributed by atoms with Crippen molar-refractivity contribution >= 4 is 11.6 Å². The maximum absolute atomic E-state index is 14.0. The fourth-order valence-corrected chi connectivity index (χ4v) is 2.83. The zero-order valence-corrected chi connectivity index (χ0v) is 12.4. The highest BCUT2D eigenvalue weighted by atomic mass is 35.5. The number of rotatable bonds is 3. The van der Waals surface area contributed by atoms with Crippen LogP contribution in [0.2, 0.25) is 0 Å². The number of halogens is 3. The van der Waals surface area contributed by atoms with E-state index in [0.717, 1.165) is 16.7 Å². The molecular formula is C19H13ClF2. The average molecular weight is 315 g/mol. The molecule has 1 atom stereocenters. The average Bonchev–Trinajstić information content (AvgIpc) is 2.55. The summed E-state index contributed by atoms with van der Waals surface area (Å²) >= 11 is 6.51. The summed E-state index contributed by atoms with van der Waals surface area (Å²) in [5, 5.41) is -0.609. The molecule has 0 nitrogen and oxygen atoms in total. The summed E-state index contributed by atoms with van der Waals surface area (Å²) in [7, 11) is 0. The van der Waals surface area contributed by atoms with Crippen LogP contribution in [0.3, 0.4) is 0 Å². The number of hydrogen-bond donors (Lipinski definition) is 0. The second kappa shape index (κ2) is 6.29. The van der Waals surface area contributed by atoms with Gasteiger partial charge in [0.1, 0.15) is 11.6 Å². The second-order valence-electron chi connectivity index (χ2n) is 4.98. The van der Waals surface area contributed by atoms with Crippen molar-refractivity contribution in [1.82, 2.24) is 0 Å². The molecule has 0 fully saturated rings. The predicted octanol–water partition coefficient (Wildman–Crippen LogP) is 5.96. The van der Waals surface area contributed by atoms with E-state index in [4.69, 9.17) is 11.6 Å². The zero-order chi connectivity index (χ0) is 15.5. The van der Waals surface area contributed by atoms with Gasteiger partial charge in [-0.2, -0.15) is 0 Å². The van der Waals surface area contributed by atoms with Crippen molar-refractivity contribution in [3.63, 3.8) is 0 Å². The van der Waals surface area contributed by atoms with Crippen molar-refractivity contribution in [3.8, 4) is 11.1 Å². The van der Waals surface area contributed by atoms with E-state index in [2.05, 4.69) is 0 Å². The van der Waals surface area contributed by atoms with E-state index >= 15 is 0 Å². The maximum atomic E-state index is 14.0. The Bertz CT molecular complexity index is 781. The second-order valence-corrected chi connectivity index (χ2v) is 5.41. The molecule has 0 radical (unpaired) electrons. The van der Waals surface area contributed by atoms with E-state index < -0.39 is 5.38 Å². The standard InChI is InChI=1S/C19H13ClF2/c20-19(17-7-3-4-8-18(17)22)16-6-2-1-5-15(16)13-9-11-14(21)12-10-13/h1-12,19H. The Morgan fingerprint density at radius 2 is 1.27 bits per heavy atom. The third-order valence-electron chi connectivity index (χ3n) is 3.57. The summed E-state index contributed by atoms with van der Waals surface area (Å²) in [6.07, 6.45) is 0. The van der Waals surface area contributed by atoms with Crippen LogP contribution in [0, 0.1) is 11.6 Å². The Kier molecular flexibility index (Phi) is 4.21. The van der Waals surface area contributed by atoms with Gasteiger partial charge in [0.25, 0.3) is 0 Å². The Morgan fingerprint density at radius 3 is 1.95 bits per heavy atom. The summed E-state index contributed by atoms with van der Waals surface area (Å²) in [5.74, 6) is -0.630. The first kappa shape index (κ1) is 14.7. The monoisotopic (exact) mass is 314 g/mol. The molecule has 0 aliphatic rings. The van der Waals surface area contributed by atoms with Gasteiger partial charge in [-0.15, -0.1) is 11.6 Å². The summed E-state index contributed by atoms with van der Waals surface area (Å²) in [6, 6.07) is 20.2. The van der Waals surface area contributed by atoms with Crippen molar-refractivity contribution in [2.75, 3.05) is 0 Å². The number of alkyl halides is 1. The van der Waals surface area contributed by atoms with Crippen molar-refractivity contribution < 1.29 is 8.78 Å². The third-order valence-corrected chi connectivity index (χ3v) is 4.04. The SMILES string of the molecule is Fc1ccc(-c2ccccc2C(Cl)c2ccccc2F)cc1. The van der Waals surface area contributed by atoms with Crippen LogP contribution >= 0.6 is 11.6 Å². The Morgan fingerprint density at radius 1 is 0.682 bits per heavy atom. The third kappa shape index (κ3) is 2.88. The maximum Gasteiger partial charge on any atom is 0.128 e. The molecule has 0 saturated carbocycles. The molecule has 0 heterocycles. The molecule has 22 heavy (non-hydrogen) atoms. The van der Waals surface area contributed by atoms with E-state index in [-0.39, 0.29) is 11.6 Å². The van der Waals surface area contributed by atoms with Gasteiger partial charge in [-0.25, -0.2) is 8.78 Å². The largest absolute Gasteiger partial charge is 0.207 e. The minimum atomic E-state index is -0.609. The van der Waals surface area contributed by atoms with Crippen molar-refractivity contribution in [3.05, 3.63) is 95.6 Å². The summed E-state index contributed by atoms with van der Waals surface area (Å²) in [6.45, 7) is 0. The van der Waals surface area contributed by atoms with Gasteiger partial charge in [0.15, 0.2) is 0 Å². The molecule has 0 N–H and O–H groups in total. The molecule has 3 aromatic carbocycles. The Hall–Kier alpha value is -2.19. The molecule has 0 amide bonds.